The van der Waals surface area contributed by atoms with Crippen molar-refractivity contribution in [1.29, 1.82) is 0 Å². The number of nitrogens with zero attached hydrogens (tertiary/aromatic N) is 2. The van der Waals surface area contributed by atoms with Crippen LogP contribution in [0.2, 0.25) is 0 Å². The molecule has 0 aromatic heterocycles. The lowest BCUT2D eigenvalue weighted by molar-refractivity contribution is -0.121. The van der Waals surface area contributed by atoms with E-state index in [0.717, 1.165) is 49.3 Å². The monoisotopic (exact) mass is 588 g/mol. The van der Waals surface area contributed by atoms with Crippen LogP contribution in [0, 0.1) is 0 Å². The van der Waals surface area contributed by atoms with Gasteiger partial charge in [0.2, 0.25) is 5.91 Å². The molecule has 1 aromatic carbocycles. The molecule has 0 radical (unpaired) electrons. The maximum Gasteiger partial charge on any atom is 0.220 e. The van der Waals surface area contributed by atoms with Crippen molar-refractivity contribution in [2.45, 2.75) is 117 Å². The number of nitrogens with one attached hydrogen (secondary N) is 2. The second-order valence-corrected chi connectivity index (χ2v) is 10.8. The van der Waals surface area contributed by atoms with Crippen molar-refractivity contribution in [2.75, 3.05) is 46.6 Å². The highest BCUT2D eigenvalue weighted by atomic mass is 16.5. The Morgan fingerprint density at radius 2 is 1.31 bits per heavy atom. The highest BCUT2D eigenvalue weighted by Crippen LogP contribution is 2.22. The van der Waals surface area contributed by atoms with E-state index >= 15 is 0 Å². The molecule has 0 saturated carbocycles. The van der Waals surface area contributed by atoms with E-state index in [1.807, 2.05) is 19.1 Å². The normalized spacial score (nSPS) is 12.0. The minimum atomic E-state index is 0.139. The first-order chi connectivity index (χ1) is 20.6. The molecule has 42 heavy (non-hydrogen) atoms. The molecule has 1 aromatic rings. The summed E-state index contributed by atoms with van der Waals surface area (Å²) in [5.74, 6) is 1.06. The third-order valence-corrected chi connectivity index (χ3v) is 7.32. The van der Waals surface area contributed by atoms with Crippen molar-refractivity contribution in [3.8, 4) is 5.75 Å². The van der Waals surface area contributed by atoms with Crippen molar-refractivity contribution in [2.24, 2.45) is 10.3 Å². The number of amides is 1. The molecule has 0 atom stereocenters. The van der Waals surface area contributed by atoms with Gasteiger partial charge in [0.1, 0.15) is 5.75 Å². The van der Waals surface area contributed by atoms with Gasteiger partial charge in [-0.15, -0.1) is 0 Å². The van der Waals surface area contributed by atoms with Crippen molar-refractivity contribution in [3.63, 3.8) is 0 Å². The van der Waals surface area contributed by atoms with Gasteiger partial charge in [-0.1, -0.05) is 82.8 Å². The Balaban J connectivity index is 1.90. The number of carbonyl (C=O) groups is 1. The number of unbranched alkanes of at least 4 members (excludes halogenated alkanes) is 12. The van der Waals surface area contributed by atoms with E-state index in [1.54, 1.807) is 7.05 Å². The number of carbonyl (C=O) groups excluding carboxylic acids is 1. The molecular weight excluding hydrogens is 528 g/mol. The summed E-state index contributed by atoms with van der Waals surface area (Å²) >= 11 is 0. The molecule has 0 unspecified atom stereocenters. The van der Waals surface area contributed by atoms with Gasteiger partial charge in [-0.2, -0.15) is 5.11 Å². The average Bonchev–Trinajstić information content (AvgIpc) is 3.01. The fourth-order valence-electron chi connectivity index (χ4n) is 4.64. The largest absolute Gasteiger partial charge is 0.494 e. The fourth-order valence-corrected chi connectivity index (χ4v) is 4.64. The lowest BCUT2D eigenvalue weighted by atomic mass is 10.0. The number of ether oxygens (including phenoxy) is 3. The summed E-state index contributed by atoms with van der Waals surface area (Å²) < 4.78 is 16.6. The Kier molecular flexibility index (Phi) is 24.5. The maximum atomic E-state index is 11.8. The van der Waals surface area contributed by atoms with Crippen LogP contribution in [0.3, 0.4) is 0 Å². The Morgan fingerprint density at radius 3 is 1.88 bits per heavy atom. The molecule has 1 amide bonds. The van der Waals surface area contributed by atoms with E-state index in [1.165, 1.54) is 69.8 Å². The third kappa shape index (κ3) is 20.4. The van der Waals surface area contributed by atoms with E-state index in [-0.39, 0.29) is 5.91 Å². The van der Waals surface area contributed by atoms with Crippen LogP contribution in [0.25, 0.3) is 5.70 Å². The SMILES string of the molecule is CCOCCOCCNC(=O)CCCCCCCCCCCCCCCOc1ccc(C(NN=NC)=C(C)CC)cc1. The molecule has 0 fully saturated rings. The first kappa shape index (κ1) is 37.6. The van der Waals surface area contributed by atoms with Crippen LogP contribution >= 0.6 is 0 Å². The van der Waals surface area contributed by atoms with Crippen LogP contribution in [0.1, 0.15) is 123 Å². The van der Waals surface area contributed by atoms with Crippen molar-refractivity contribution in [1.82, 2.24) is 10.7 Å². The molecule has 0 heterocycles. The van der Waals surface area contributed by atoms with E-state index in [0.29, 0.717) is 39.4 Å². The van der Waals surface area contributed by atoms with Crippen LogP contribution in [-0.2, 0) is 14.3 Å². The van der Waals surface area contributed by atoms with Gasteiger partial charge in [0.05, 0.1) is 39.2 Å². The quantitative estimate of drug-likeness (QED) is 0.0582. The second-order valence-electron chi connectivity index (χ2n) is 10.8. The lowest BCUT2D eigenvalue weighted by Gasteiger charge is -2.12. The van der Waals surface area contributed by atoms with Crippen molar-refractivity contribution >= 4 is 11.6 Å². The van der Waals surface area contributed by atoms with E-state index in [9.17, 15) is 4.79 Å². The first-order valence-corrected chi connectivity index (χ1v) is 16.5. The highest BCUT2D eigenvalue weighted by Gasteiger charge is 2.06. The summed E-state index contributed by atoms with van der Waals surface area (Å²) in [4.78, 5) is 11.8. The molecule has 0 aliphatic heterocycles. The van der Waals surface area contributed by atoms with Gasteiger partial charge in [-0.3, -0.25) is 10.2 Å². The topological polar surface area (TPSA) is 93.5 Å². The molecule has 0 saturated heterocycles. The van der Waals surface area contributed by atoms with Crippen LogP contribution < -0.4 is 15.5 Å². The van der Waals surface area contributed by atoms with E-state index < -0.39 is 0 Å². The molecule has 8 nitrogen and oxygen atoms in total. The van der Waals surface area contributed by atoms with Gasteiger partial charge >= 0.3 is 0 Å². The van der Waals surface area contributed by atoms with Crippen molar-refractivity contribution < 1.29 is 19.0 Å². The Bertz CT molecular complexity index is 842. The minimum absolute atomic E-state index is 0.139. The summed E-state index contributed by atoms with van der Waals surface area (Å²) in [6, 6.07) is 8.23. The predicted octanol–water partition coefficient (Wildman–Crippen LogP) is 8.42. The molecule has 0 aliphatic rings. The zero-order chi connectivity index (χ0) is 30.5. The summed E-state index contributed by atoms with van der Waals surface area (Å²) in [6.45, 7) is 10.0. The average molecular weight is 589 g/mol. The Hall–Kier alpha value is -2.45. The molecule has 0 spiro atoms. The second kappa shape index (κ2) is 27.4. The summed E-state index contributed by atoms with van der Waals surface area (Å²) in [7, 11) is 1.66. The molecular formula is C34H60N4O4. The van der Waals surface area contributed by atoms with Crippen LogP contribution in [0.5, 0.6) is 5.75 Å². The molecule has 240 valence electrons. The number of rotatable bonds is 28. The van der Waals surface area contributed by atoms with E-state index in [2.05, 4.69) is 47.1 Å². The van der Waals surface area contributed by atoms with Crippen molar-refractivity contribution in [3.05, 3.63) is 35.4 Å². The zero-order valence-corrected chi connectivity index (χ0v) is 27.2. The van der Waals surface area contributed by atoms with Gasteiger partial charge in [-0.25, -0.2) is 0 Å². The highest BCUT2D eigenvalue weighted by molar-refractivity contribution is 5.75. The first-order valence-electron chi connectivity index (χ1n) is 16.5. The van der Waals surface area contributed by atoms with Crippen LogP contribution in [0.4, 0.5) is 0 Å². The standard InChI is InChI=1S/C34H60N4O4/c1-5-30(3)34(37-38-35-4)31-21-23-32(24-22-31)42-26-19-17-15-13-11-9-7-8-10-12-14-16-18-20-33(39)36-25-27-41-29-28-40-6-2/h21-24H,5-20,25-29H2,1-4H3,(H,35,37)(H,36,39). The van der Waals surface area contributed by atoms with Gasteiger partial charge in [-0.05, 0) is 68.5 Å². The minimum Gasteiger partial charge on any atom is -0.494 e. The summed E-state index contributed by atoms with van der Waals surface area (Å²) in [5, 5.41) is 10.7. The molecule has 0 aliphatic carbocycles. The number of hydrogen-bond donors (Lipinski definition) is 2. The number of hydrogen-bond acceptors (Lipinski definition) is 6. The predicted molar refractivity (Wildman–Crippen MR) is 174 cm³/mol. The molecule has 1 rings (SSSR count). The number of benzene rings is 1. The Labute approximate surface area is 256 Å². The zero-order valence-electron chi connectivity index (χ0n) is 27.2. The van der Waals surface area contributed by atoms with Gasteiger partial charge in [0.25, 0.3) is 0 Å². The summed E-state index contributed by atoms with van der Waals surface area (Å²) in [6.07, 6.45) is 17.9. The molecule has 2 N–H and O–H groups in total. The lowest BCUT2D eigenvalue weighted by Crippen LogP contribution is -2.27. The smallest absolute Gasteiger partial charge is 0.220 e. The summed E-state index contributed by atoms with van der Waals surface area (Å²) in [5.41, 5.74) is 6.40. The molecule has 8 heteroatoms. The van der Waals surface area contributed by atoms with Gasteiger partial charge in [0.15, 0.2) is 0 Å². The number of allylic oxidation sites excluding steroid dienone is 1. The fraction of sp³-hybridized carbons (Fsp3) is 0.735. The van der Waals surface area contributed by atoms with Gasteiger partial charge in [0, 0.05) is 19.6 Å². The Morgan fingerprint density at radius 1 is 0.738 bits per heavy atom. The maximum absolute atomic E-state index is 11.8. The van der Waals surface area contributed by atoms with Crippen LogP contribution in [0.15, 0.2) is 40.2 Å². The van der Waals surface area contributed by atoms with E-state index in [4.69, 9.17) is 14.2 Å². The van der Waals surface area contributed by atoms with Gasteiger partial charge < -0.3 is 19.5 Å². The molecule has 0 bridgehead atoms. The third-order valence-electron chi connectivity index (χ3n) is 7.32. The van der Waals surface area contributed by atoms with Crippen LogP contribution in [-0.4, -0.2) is 52.5 Å².